The highest BCUT2D eigenvalue weighted by Gasteiger charge is 2.21. The average Bonchev–Trinajstić information content (AvgIpc) is 3.71. The summed E-state index contributed by atoms with van der Waals surface area (Å²) in [6.07, 6.45) is 0. The van der Waals surface area contributed by atoms with Gasteiger partial charge in [0.2, 0.25) is 0 Å². The van der Waals surface area contributed by atoms with Crippen LogP contribution in [0, 0.1) is 0 Å². The van der Waals surface area contributed by atoms with Crippen LogP contribution in [0.5, 0.6) is 0 Å². The Morgan fingerprint density at radius 1 is 0.438 bits per heavy atom. The molecule has 0 fully saturated rings. The average molecular weight is 613 g/mol. The van der Waals surface area contributed by atoms with Crippen LogP contribution < -0.4 is 0 Å². The van der Waals surface area contributed by atoms with Crippen LogP contribution in [0.1, 0.15) is 0 Å². The Kier molecular flexibility index (Phi) is 5.87. The molecule has 3 nitrogen and oxygen atoms in total. The second-order valence-electron chi connectivity index (χ2n) is 12.3. The van der Waals surface area contributed by atoms with Crippen molar-refractivity contribution in [2.75, 3.05) is 0 Å². The minimum atomic E-state index is 0.844. The van der Waals surface area contributed by atoms with E-state index >= 15 is 0 Å². The Labute approximate surface area is 277 Å². The molecule has 10 rings (SSSR count). The fourth-order valence-corrected chi connectivity index (χ4v) is 7.53. The van der Waals surface area contributed by atoms with E-state index in [1.54, 1.807) is 0 Å². The first-order valence-corrected chi connectivity index (χ1v) is 16.3. The van der Waals surface area contributed by atoms with Crippen molar-refractivity contribution >= 4 is 54.6 Å². The highest BCUT2D eigenvalue weighted by atomic mass is 16.3. The van der Waals surface area contributed by atoms with Gasteiger partial charge in [-0.3, -0.25) is 0 Å². The molecule has 48 heavy (non-hydrogen) atoms. The predicted octanol–water partition coefficient (Wildman–Crippen LogP) is 12.2. The summed E-state index contributed by atoms with van der Waals surface area (Å²) < 4.78 is 9.20. The van der Waals surface area contributed by atoms with E-state index in [1.807, 2.05) is 0 Å². The molecule has 0 aliphatic carbocycles. The van der Waals surface area contributed by atoms with Crippen LogP contribution >= 0.6 is 0 Å². The summed E-state index contributed by atoms with van der Waals surface area (Å²) in [6.45, 7) is 0. The Morgan fingerprint density at radius 2 is 1.06 bits per heavy atom. The van der Waals surface area contributed by atoms with Gasteiger partial charge in [0, 0.05) is 32.5 Å². The molecule has 3 heteroatoms. The fraction of sp³-hybridized carbons (Fsp3) is 0. The van der Waals surface area contributed by atoms with Crippen molar-refractivity contribution in [2.24, 2.45) is 0 Å². The Balaban J connectivity index is 1.25. The van der Waals surface area contributed by atoms with E-state index < -0.39 is 0 Å². The van der Waals surface area contributed by atoms with Crippen molar-refractivity contribution in [3.8, 4) is 39.2 Å². The standard InChI is InChI=1S/C45H28N2O/c1-3-14-29(15-4-1)31-20-11-25-40-43(31)34-19-8-10-24-39(34)47(40)41-26-12-22-35-44-33(21-13-27-42(44)48-45(35)41)38-28-36(30-16-5-2-6-17-30)32-18-7-9-23-37(32)46-38/h1-28H. The van der Waals surface area contributed by atoms with E-state index in [0.29, 0.717) is 0 Å². The quantitative estimate of drug-likeness (QED) is 0.198. The Bertz CT molecular complexity index is 2830. The number of hydrogen-bond donors (Lipinski definition) is 0. The molecule has 0 spiro atoms. The number of pyridine rings is 1. The van der Waals surface area contributed by atoms with Gasteiger partial charge in [-0.1, -0.05) is 133 Å². The fourth-order valence-electron chi connectivity index (χ4n) is 7.53. The van der Waals surface area contributed by atoms with Gasteiger partial charge in [0.1, 0.15) is 5.58 Å². The van der Waals surface area contributed by atoms with Crippen molar-refractivity contribution in [1.29, 1.82) is 0 Å². The molecule has 224 valence electrons. The molecule has 0 saturated carbocycles. The van der Waals surface area contributed by atoms with Crippen molar-refractivity contribution < 1.29 is 4.42 Å². The van der Waals surface area contributed by atoms with Crippen molar-refractivity contribution in [2.45, 2.75) is 0 Å². The number of nitrogens with zero attached hydrogens (tertiary/aromatic N) is 2. The second kappa shape index (κ2) is 10.5. The smallest absolute Gasteiger partial charge is 0.159 e. The van der Waals surface area contributed by atoms with Crippen molar-refractivity contribution in [3.63, 3.8) is 0 Å². The number of hydrogen-bond acceptors (Lipinski definition) is 2. The number of aromatic nitrogens is 2. The van der Waals surface area contributed by atoms with E-state index in [2.05, 4.69) is 174 Å². The first-order valence-electron chi connectivity index (χ1n) is 16.3. The zero-order valence-corrected chi connectivity index (χ0v) is 26.0. The Morgan fingerprint density at radius 3 is 1.90 bits per heavy atom. The molecule has 3 aromatic heterocycles. The number of fused-ring (bicyclic) bond motifs is 7. The van der Waals surface area contributed by atoms with Gasteiger partial charge in [-0.15, -0.1) is 0 Å². The van der Waals surface area contributed by atoms with Crippen LogP contribution in [0.15, 0.2) is 174 Å². The molecule has 0 unspecified atom stereocenters. The molecule has 0 bridgehead atoms. The highest BCUT2D eigenvalue weighted by Crippen LogP contribution is 2.43. The van der Waals surface area contributed by atoms with E-state index in [1.165, 1.54) is 33.0 Å². The molecular formula is C45H28N2O. The molecule has 0 aliphatic heterocycles. The zero-order valence-electron chi connectivity index (χ0n) is 26.0. The van der Waals surface area contributed by atoms with Gasteiger partial charge in [0.25, 0.3) is 0 Å². The summed E-state index contributed by atoms with van der Waals surface area (Å²) in [4.78, 5) is 5.21. The first kappa shape index (κ1) is 26.7. The van der Waals surface area contributed by atoms with Gasteiger partial charge in [0.15, 0.2) is 5.58 Å². The van der Waals surface area contributed by atoms with Crippen LogP contribution in [0.2, 0.25) is 0 Å². The number of para-hydroxylation sites is 3. The summed E-state index contributed by atoms with van der Waals surface area (Å²) in [7, 11) is 0. The molecular weight excluding hydrogens is 585 g/mol. The normalized spacial score (nSPS) is 11.8. The van der Waals surface area contributed by atoms with E-state index in [9.17, 15) is 0 Å². The van der Waals surface area contributed by atoms with E-state index in [-0.39, 0.29) is 0 Å². The minimum Gasteiger partial charge on any atom is -0.454 e. The van der Waals surface area contributed by atoms with Crippen molar-refractivity contribution in [3.05, 3.63) is 170 Å². The van der Waals surface area contributed by atoms with Crippen LogP contribution in [0.4, 0.5) is 0 Å². The summed E-state index contributed by atoms with van der Waals surface area (Å²) in [5.41, 5.74) is 12.7. The SMILES string of the molecule is c1ccc(-c2cc(-c3cccc4oc5c(-n6c7ccccc7c7c(-c8ccccc8)cccc76)cccc5c34)nc3ccccc23)cc1. The molecule has 0 radical (unpaired) electrons. The summed E-state index contributed by atoms with van der Waals surface area (Å²) in [6, 6.07) is 60.0. The van der Waals surface area contributed by atoms with Gasteiger partial charge in [0.05, 0.1) is 27.9 Å². The molecule has 0 amide bonds. The number of furan rings is 1. The summed E-state index contributed by atoms with van der Waals surface area (Å²) in [5, 5.41) is 5.73. The third kappa shape index (κ3) is 3.98. The van der Waals surface area contributed by atoms with E-state index in [4.69, 9.17) is 9.40 Å². The predicted molar refractivity (Wildman–Crippen MR) is 200 cm³/mol. The Hall–Kier alpha value is -6.45. The van der Waals surface area contributed by atoms with Gasteiger partial charge in [-0.25, -0.2) is 4.98 Å². The van der Waals surface area contributed by atoms with Crippen LogP contribution in [-0.4, -0.2) is 9.55 Å². The molecule has 0 saturated heterocycles. The molecule has 0 N–H and O–H groups in total. The molecule has 3 heterocycles. The van der Waals surface area contributed by atoms with Crippen LogP contribution in [0.3, 0.4) is 0 Å². The maximum Gasteiger partial charge on any atom is 0.159 e. The number of benzene rings is 7. The lowest BCUT2D eigenvalue weighted by Crippen LogP contribution is -1.94. The zero-order chi connectivity index (χ0) is 31.6. The van der Waals surface area contributed by atoms with Gasteiger partial charge >= 0.3 is 0 Å². The number of rotatable bonds is 4. The molecule has 0 aliphatic rings. The third-order valence-corrected chi connectivity index (χ3v) is 9.60. The third-order valence-electron chi connectivity index (χ3n) is 9.60. The van der Waals surface area contributed by atoms with Gasteiger partial charge in [-0.2, -0.15) is 0 Å². The van der Waals surface area contributed by atoms with E-state index in [0.717, 1.165) is 60.8 Å². The lowest BCUT2D eigenvalue weighted by atomic mass is 9.96. The molecule has 0 atom stereocenters. The highest BCUT2D eigenvalue weighted by molar-refractivity contribution is 6.18. The summed E-state index contributed by atoms with van der Waals surface area (Å²) >= 11 is 0. The lowest BCUT2D eigenvalue weighted by molar-refractivity contribution is 0.666. The lowest BCUT2D eigenvalue weighted by Gasteiger charge is -2.11. The largest absolute Gasteiger partial charge is 0.454 e. The summed E-state index contributed by atoms with van der Waals surface area (Å²) in [5.74, 6) is 0. The topological polar surface area (TPSA) is 31.0 Å². The maximum atomic E-state index is 6.84. The first-order chi connectivity index (χ1) is 23.8. The maximum absolute atomic E-state index is 6.84. The monoisotopic (exact) mass is 612 g/mol. The van der Waals surface area contributed by atoms with Crippen LogP contribution in [0.25, 0.3) is 93.8 Å². The molecule has 7 aromatic carbocycles. The minimum absolute atomic E-state index is 0.844. The van der Waals surface area contributed by atoms with Crippen LogP contribution in [-0.2, 0) is 0 Å². The second-order valence-corrected chi connectivity index (χ2v) is 12.3. The molecule has 10 aromatic rings. The van der Waals surface area contributed by atoms with Crippen molar-refractivity contribution in [1.82, 2.24) is 9.55 Å². The van der Waals surface area contributed by atoms with Gasteiger partial charge in [-0.05, 0) is 58.7 Å². The van der Waals surface area contributed by atoms with Gasteiger partial charge < -0.3 is 8.98 Å².